The highest BCUT2D eigenvalue weighted by Gasteiger charge is 2.23. The number of nitrogens with one attached hydrogen (secondary N) is 2. The van der Waals surface area contributed by atoms with Gasteiger partial charge < -0.3 is 20.1 Å². The number of rotatable bonds is 7. The van der Waals surface area contributed by atoms with Gasteiger partial charge in [-0.25, -0.2) is 0 Å². The Morgan fingerprint density at radius 1 is 1.40 bits per heavy atom. The van der Waals surface area contributed by atoms with Crippen molar-refractivity contribution in [3.63, 3.8) is 0 Å². The summed E-state index contributed by atoms with van der Waals surface area (Å²) in [6.45, 7) is 3.92. The lowest BCUT2D eigenvalue weighted by Gasteiger charge is -2.25. The smallest absolute Gasteiger partial charge is 0.225 e. The summed E-state index contributed by atoms with van der Waals surface area (Å²) in [4.78, 5) is 11.3. The first-order valence-electron chi connectivity index (χ1n) is 4.89. The Morgan fingerprint density at radius 2 is 2.13 bits per heavy atom. The SMILES string of the molecule is COCCOCCNC(=O)C1CNC1.Cl. The van der Waals surface area contributed by atoms with E-state index >= 15 is 0 Å². The van der Waals surface area contributed by atoms with Gasteiger partial charge in [0, 0.05) is 26.7 Å². The van der Waals surface area contributed by atoms with Gasteiger partial charge >= 0.3 is 0 Å². The van der Waals surface area contributed by atoms with Gasteiger partial charge in [-0.15, -0.1) is 12.4 Å². The van der Waals surface area contributed by atoms with Crippen molar-refractivity contribution in [2.45, 2.75) is 0 Å². The molecule has 5 nitrogen and oxygen atoms in total. The molecule has 1 saturated heterocycles. The number of amides is 1. The standard InChI is InChI=1S/C9H18N2O3.ClH/c1-13-4-5-14-3-2-11-9(12)8-6-10-7-8;/h8,10H,2-7H2,1H3,(H,11,12);1H. The summed E-state index contributed by atoms with van der Waals surface area (Å²) in [5.41, 5.74) is 0. The number of ether oxygens (including phenoxy) is 2. The lowest BCUT2D eigenvalue weighted by molar-refractivity contribution is -0.126. The molecule has 90 valence electrons. The Kier molecular flexibility index (Phi) is 8.70. The van der Waals surface area contributed by atoms with Crippen LogP contribution in [0.3, 0.4) is 0 Å². The molecule has 1 aliphatic heterocycles. The summed E-state index contributed by atoms with van der Waals surface area (Å²) >= 11 is 0. The summed E-state index contributed by atoms with van der Waals surface area (Å²) in [7, 11) is 1.63. The van der Waals surface area contributed by atoms with Crippen LogP contribution in [-0.2, 0) is 14.3 Å². The molecule has 1 rings (SSSR count). The van der Waals surface area contributed by atoms with Gasteiger partial charge in [-0.3, -0.25) is 4.79 Å². The van der Waals surface area contributed by atoms with Crippen molar-refractivity contribution in [1.29, 1.82) is 0 Å². The van der Waals surface area contributed by atoms with Gasteiger partial charge in [0.15, 0.2) is 0 Å². The number of hydrogen-bond acceptors (Lipinski definition) is 4. The number of halogens is 1. The van der Waals surface area contributed by atoms with E-state index < -0.39 is 0 Å². The molecule has 0 unspecified atom stereocenters. The Morgan fingerprint density at radius 3 is 2.67 bits per heavy atom. The monoisotopic (exact) mass is 238 g/mol. The van der Waals surface area contributed by atoms with E-state index in [-0.39, 0.29) is 24.2 Å². The van der Waals surface area contributed by atoms with E-state index in [1.807, 2.05) is 0 Å². The Bertz CT molecular complexity index is 177. The van der Waals surface area contributed by atoms with E-state index in [2.05, 4.69) is 10.6 Å². The van der Waals surface area contributed by atoms with Crippen molar-refractivity contribution in [1.82, 2.24) is 10.6 Å². The summed E-state index contributed by atoms with van der Waals surface area (Å²) < 4.78 is 10.0. The van der Waals surface area contributed by atoms with Crippen LogP contribution in [0.5, 0.6) is 0 Å². The third kappa shape index (κ3) is 5.94. The van der Waals surface area contributed by atoms with Crippen LogP contribution >= 0.6 is 12.4 Å². The van der Waals surface area contributed by atoms with Gasteiger partial charge in [0.25, 0.3) is 0 Å². The van der Waals surface area contributed by atoms with E-state index in [4.69, 9.17) is 9.47 Å². The number of hydrogen-bond donors (Lipinski definition) is 2. The maximum atomic E-state index is 11.3. The minimum absolute atomic E-state index is 0. The minimum atomic E-state index is 0. The first-order chi connectivity index (χ1) is 6.84. The number of carbonyl (C=O) groups excluding carboxylic acids is 1. The molecule has 0 aromatic heterocycles. The lowest BCUT2D eigenvalue weighted by Crippen LogP contribution is -2.51. The predicted molar refractivity (Wildman–Crippen MR) is 59.3 cm³/mol. The van der Waals surface area contributed by atoms with E-state index in [0.29, 0.717) is 26.4 Å². The first-order valence-corrected chi connectivity index (χ1v) is 4.89. The van der Waals surface area contributed by atoms with Crippen molar-refractivity contribution >= 4 is 18.3 Å². The fourth-order valence-electron chi connectivity index (χ4n) is 1.11. The second-order valence-electron chi connectivity index (χ2n) is 3.25. The third-order valence-electron chi connectivity index (χ3n) is 2.13. The zero-order valence-electron chi connectivity index (χ0n) is 8.95. The molecule has 0 bridgehead atoms. The van der Waals surface area contributed by atoms with Crippen LogP contribution in [0.15, 0.2) is 0 Å². The average molecular weight is 239 g/mol. The molecule has 0 atom stereocenters. The van der Waals surface area contributed by atoms with Gasteiger partial charge in [-0.05, 0) is 0 Å². The highest BCUT2D eigenvalue weighted by Crippen LogP contribution is 2.01. The van der Waals surface area contributed by atoms with E-state index in [0.717, 1.165) is 13.1 Å². The summed E-state index contributed by atoms with van der Waals surface area (Å²) in [6, 6.07) is 0. The molecule has 0 aliphatic carbocycles. The van der Waals surface area contributed by atoms with Gasteiger partial charge in [0.05, 0.1) is 25.7 Å². The molecule has 0 aromatic carbocycles. The first kappa shape index (κ1) is 14.6. The Labute approximate surface area is 96.3 Å². The molecule has 0 aromatic rings. The molecule has 1 fully saturated rings. The maximum absolute atomic E-state index is 11.3. The average Bonchev–Trinajstić information content (AvgIpc) is 2.08. The van der Waals surface area contributed by atoms with Crippen LogP contribution in [-0.4, -0.2) is 52.5 Å². The second kappa shape index (κ2) is 8.91. The lowest BCUT2D eigenvalue weighted by atomic mass is 10.0. The zero-order chi connectivity index (χ0) is 10.2. The summed E-state index contributed by atoms with van der Waals surface area (Å²) in [5.74, 6) is 0.285. The molecule has 2 N–H and O–H groups in total. The van der Waals surface area contributed by atoms with E-state index in [9.17, 15) is 4.79 Å². The van der Waals surface area contributed by atoms with Crippen LogP contribution in [0.25, 0.3) is 0 Å². The van der Waals surface area contributed by atoms with Crippen molar-refractivity contribution in [3.8, 4) is 0 Å². The van der Waals surface area contributed by atoms with Crippen molar-refractivity contribution in [3.05, 3.63) is 0 Å². The quantitative estimate of drug-likeness (QED) is 0.582. The Hall–Kier alpha value is -0.360. The second-order valence-corrected chi connectivity index (χ2v) is 3.25. The molecule has 1 heterocycles. The fraction of sp³-hybridized carbons (Fsp3) is 0.889. The van der Waals surface area contributed by atoms with Gasteiger partial charge in [-0.1, -0.05) is 0 Å². The van der Waals surface area contributed by atoms with Crippen molar-refractivity contribution in [2.24, 2.45) is 5.92 Å². The largest absolute Gasteiger partial charge is 0.382 e. The van der Waals surface area contributed by atoms with Crippen LogP contribution in [0.4, 0.5) is 0 Å². The van der Waals surface area contributed by atoms with Crippen molar-refractivity contribution in [2.75, 3.05) is 46.6 Å². The van der Waals surface area contributed by atoms with Crippen LogP contribution in [0.1, 0.15) is 0 Å². The molecule has 0 spiro atoms. The zero-order valence-corrected chi connectivity index (χ0v) is 9.77. The van der Waals surface area contributed by atoms with E-state index in [1.54, 1.807) is 7.11 Å². The molecular weight excluding hydrogens is 220 g/mol. The minimum Gasteiger partial charge on any atom is -0.382 e. The molecule has 1 amide bonds. The van der Waals surface area contributed by atoms with Gasteiger partial charge in [-0.2, -0.15) is 0 Å². The van der Waals surface area contributed by atoms with Crippen LogP contribution < -0.4 is 10.6 Å². The predicted octanol–water partition coefficient (Wildman–Crippen LogP) is -0.593. The summed E-state index contributed by atoms with van der Waals surface area (Å²) in [6.07, 6.45) is 0. The number of methoxy groups -OCH3 is 1. The van der Waals surface area contributed by atoms with Gasteiger partial charge in [0.1, 0.15) is 0 Å². The van der Waals surface area contributed by atoms with Crippen LogP contribution in [0, 0.1) is 5.92 Å². The van der Waals surface area contributed by atoms with Crippen molar-refractivity contribution < 1.29 is 14.3 Å². The summed E-state index contributed by atoms with van der Waals surface area (Å²) in [5, 5.41) is 5.87. The molecule has 0 saturated carbocycles. The molecule has 15 heavy (non-hydrogen) atoms. The molecule has 0 radical (unpaired) electrons. The highest BCUT2D eigenvalue weighted by atomic mass is 35.5. The molecule has 1 aliphatic rings. The number of carbonyl (C=O) groups is 1. The highest BCUT2D eigenvalue weighted by molar-refractivity contribution is 5.85. The van der Waals surface area contributed by atoms with Crippen LogP contribution in [0.2, 0.25) is 0 Å². The molecular formula is C9H19ClN2O3. The fourth-order valence-corrected chi connectivity index (χ4v) is 1.11. The molecule has 6 heteroatoms. The topological polar surface area (TPSA) is 59.6 Å². The third-order valence-corrected chi connectivity index (χ3v) is 2.13. The normalized spacial score (nSPS) is 15.3. The maximum Gasteiger partial charge on any atom is 0.225 e. The van der Waals surface area contributed by atoms with E-state index in [1.165, 1.54) is 0 Å². The van der Waals surface area contributed by atoms with Gasteiger partial charge in [0.2, 0.25) is 5.91 Å². The Balaban J connectivity index is 0.00000196.